The van der Waals surface area contributed by atoms with Gasteiger partial charge < -0.3 is 10.2 Å². The smallest absolute Gasteiger partial charge is 0.185 e. The summed E-state index contributed by atoms with van der Waals surface area (Å²) < 4.78 is 0. The van der Waals surface area contributed by atoms with Crippen LogP contribution in [0.5, 0.6) is 11.5 Å². The lowest BCUT2D eigenvalue weighted by Gasteiger charge is -2.04. The van der Waals surface area contributed by atoms with Crippen LogP contribution in [0, 0.1) is 13.8 Å². The predicted molar refractivity (Wildman–Crippen MR) is 79.1 cm³/mol. The van der Waals surface area contributed by atoms with Crippen LogP contribution in [-0.2, 0) is 0 Å². The number of benzene rings is 2. The molecular formula is C17H16O3. The van der Waals surface area contributed by atoms with Gasteiger partial charge in [-0.3, -0.25) is 4.79 Å². The molecule has 0 atom stereocenters. The van der Waals surface area contributed by atoms with E-state index in [4.69, 9.17) is 0 Å². The van der Waals surface area contributed by atoms with Crippen molar-refractivity contribution in [2.24, 2.45) is 0 Å². The third-order valence-corrected chi connectivity index (χ3v) is 3.09. The van der Waals surface area contributed by atoms with Gasteiger partial charge in [0.2, 0.25) is 0 Å². The molecule has 0 aromatic heterocycles. The molecule has 0 unspecified atom stereocenters. The molecule has 0 heterocycles. The van der Waals surface area contributed by atoms with Crippen molar-refractivity contribution in [2.75, 3.05) is 0 Å². The zero-order valence-electron chi connectivity index (χ0n) is 11.4. The molecule has 20 heavy (non-hydrogen) atoms. The Hall–Kier alpha value is -2.55. The monoisotopic (exact) mass is 268 g/mol. The highest BCUT2D eigenvalue weighted by Gasteiger charge is 2.03. The molecule has 0 bridgehead atoms. The number of aryl methyl sites for hydroxylation is 2. The number of hydrogen-bond donors (Lipinski definition) is 2. The van der Waals surface area contributed by atoms with Crippen molar-refractivity contribution in [3.8, 4) is 11.5 Å². The summed E-state index contributed by atoms with van der Waals surface area (Å²) in [5, 5.41) is 18.9. The fourth-order valence-electron chi connectivity index (χ4n) is 1.98. The molecule has 0 spiro atoms. The first-order valence-corrected chi connectivity index (χ1v) is 6.29. The first kappa shape index (κ1) is 13.9. The fraction of sp³-hybridized carbons (Fsp3) is 0.118. The highest BCUT2D eigenvalue weighted by Crippen LogP contribution is 2.23. The van der Waals surface area contributed by atoms with Gasteiger partial charge in [-0.1, -0.05) is 6.08 Å². The number of rotatable bonds is 3. The number of phenolic OH excluding ortho intramolecular Hbond substituents is 2. The third-order valence-electron chi connectivity index (χ3n) is 3.09. The number of phenols is 2. The van der Waals surface area contributed by atoms with E-state index in [1.165, 1.54) is 18.2 Å². The van der Waals surface area contributed by atoms with Gasteiger partial charge in [-0.05, 0) is 73.0 Å². The first-order valence-electron chi connectivity index (χ1n) is 6.29. The lowest BCUT2D eigenvalue weighted by atomic mass is 10.0. The zero-order chi connectivity index (χ0) is 14.7. The molecule has 2 aromatic rings. The van der Waals surface area contributed by atoms with Crippen molar-refractivity contribution in [3.63, 3.8) is 0 Å². The third kappa shape index (κ3) is 3.06. The van der Waals surface area contributed by atoms with E-state index < -0.39 is 0 Å². The Labute approximate surface area is 117 Å². The van der Waals surface area contributed by atoms with Crippen LogP contribution in [0.3, 0.4) is 0 Å². The number of ketones is 1. The van der Waals surface area contributed by atoms with Crippen LogP contribution in [0.15, 0.2) is 42.5 Å². The molecule has 0 saturated carbocycles. The van der Waals surface area contributed by atoms with E-state index in [1.54, 1.807) is 18.2 Å². The number of carbonyl (C=O) groups is 1. The quantitative estimate of drug-likeness (QED) is 0.660. The largest absolute Gasteiger partial charge is 0.508 e. The fourth-order valence-corrected chi connectivity index (χ4v) is 1.98. The topological polar surface area (TPSA) is 57.5 Å². The van der Waals surface area contributed by atoms with E-state index in [-0.39, 0.29) is 17.3 Å². The molecule has 0 aliphatic heterocycles. The SMILES string of the molecule is Cc1cc(C=CC(=O)c2ccc(O)cc2)cc(C)c1O. The summed E-state index contributed by atoms with van der Waals surface area (Å²) in [7, 11) is 0. The van der Waals surface area contributed by atoms with Gasteiger partial charge in [-0.15, -0.1) is 0 Å². The molecule has 2 aromatic carbocycles. The lowest BCUT2D eigenvalue weighted by Crippen LogP contribution is -1.93. The van der Waals surface area contributed by atoms with Gasteiger partial charge in [-0.2, -0.15) is 0 Å². The lowest BCUT2D eigenvalue weighted by molar-refractivity contribution is 0.104. The maximum atomic E-state index is 11.9. The molecule has 0 radical (unpaired) electrons. The summed E-state index contributed by atoms with van der Waals surface area (Å²) >= 11 is 0. The maximum Gasteiger partial charge on any atom is 0.185 e. The van der Waals surface area contributed by atoms with Crippen molar-refractivity contribution in [1.29, 1.82) is 0 Å². The summed E-state index contributed by atoms with van der Waals surface area (Å²) in [6.07, 6.45) is 3.20. The zero-order valence-corrected chi connectivity index (χ0v) is 11.4. The molecule has 3 nitrogen and oxygen atoms in total. The summed E-state index contributed by atoms with van der Waals surface area (Å²) in [5.74, 6) is 0.288. The van der Waals surface area contributed by atoms with Crippen molar-refractivity contribution in [2.45, 2.75) is 13.8 Å². The normalized spacial score (nSPS) is 10.9. The second-order valence-corrected chi connectivity index (χ2v) is 4.75. The maximum absolute atomic E-state index is 11.9. The van der Waals surface area contributed by atoms with Crippen molar-refractivity contribution in [3.05, 3.63) is 64.7 Å². The van der Waals surface area contributed by atoms with E-state index in [0.29, 0.717) is 5.56 Å². The molecule has 0 amide bonds. The van der Waals surface area contributed by atoms with Crippen LogP contribution in [0.4, 0.5) is 0 Å². The highest BCUT2D eigenvalue weighted by atomic mass is 16.3. The molecule has 102 valence electrons. The van der Waals surface area contributed by atoms with Crippen molar-refractivity contribution in [1.82, 2.24) is 0 Å². The van der Waals surface area contributed by atoms with Gasteiger partial charge in [0.05, 0.1) is 0 Å². The van der Waals surface area contributed by atoms with E-state index in [9.17, 15) is 15.0 Å². The average Bonchev–Trinajstić information content (AvgIpc) is 2.42. The second kappa shape index (κ2) is 5.61. The summed E-state index contributed by atoms with van der Waals surface area (Å²) in [6.45, 7) is 3.64. The van der Waals surface area contributed by atoms with E-state index in [1.807, 2.05) is 26.0 Å². The Morgan fingerprint density at radius 1 is 1.00 bits per heavy atom. The van der Waals surface area contributed by atoms with Gasteiger partial charge >= 0.3 is 0 Å². The minimum Gasteiger partial charge on any atom is -0.508 e. The van der Waals surface area contributed by atoms with Crippen molar-refractivity contribution < 1.29 is 15.0 Å². The average molecular weight is 268 g/mol. The summed E-state index contributed by atoms with van der Waals surface area (Å²) in [5.41, 5.74) is 2.94. The Bertz CT molecular complexity index is 644. The first-order chi connectivity index (χ1) is 9.47. The molecule has 3 heteroatoms. The van der Waals surface area contributed by atoms with Gasteiger partial charge in [-0.25, -0.2) is 0 Å². The van der Waals surface area contributed by atoms with E-state index >= 15 is 0 Å². The molecule has 2 rings (SSSR count). The van der Waals surface area contributed by atoms with Crippen LogP contribution >= 0.6 is 0 Å². The predicted octanol–water partition coefficient (Wildman–Crippen LogP) is 3.61. The highest BCUT2D eigenvalue weighted by molar-refractivity contribution is 6.06. The molecular weight excluding hydrogens is 252 g/mol. The summed E-state index contributed by atoms with van der Waals surface area (Å²) in [4.78, 5) is 11.9. The van der Waals surface area contributed by atoms with Gasteiger partial charge in [0.25, 0.3) is 0 Å². The van der Waals surface area contributed by atoms with E-state index in [0.717, 1.165) is 16.7 Å². The molecule has 0 fully saturated rings. The van der Waals surface area contributed by atoms with Gasteiger partial charge in [0.1, 0.15) is 11.5 Å². The standard InChI is InChI=1S/C17H16O3/c1-11-9-13(10-12(2)17(11)20)3-8-16(19)14-4-6-15(18)7-5-14/h3-10,18,20H,1-2H3. The second-order valence-electron chi connectivity index (χ2n) is 4.75. The molecule has 0 saturated heterocycles. The molecule has 0 aliphatic rings. The van der Waals surface area contributed by atoms with Crippen LogP contribution < -0.4 is 0 Å². The Kier molecular flexibility index (Phi) is 3.89. The molecule has 0 aliphatic carbocycles. The van der Waals surface area contributed by atoms with Crippen LogP contribution in [0.25, 0.3) is 6.08 Å². The summed E-state index contributed by atoms with van der Waals surface area (Å²) in [6, 6.07) is 9.77. The minimum absolute atomic E-state index is 0.131. The number of allylic oxidation sites excluding steroid dienone is 1. The minimum atomic E-state index is -0.131. The number of aromatic hydroxyl groups is 2. The Morgan fingerprint density at radius 2 is 1.55 bits per heavy atom. The van der Waals surface area contributed by atoms with Gasteiger partial charge in [0.15, 0.2) is 5.78 Å². The van der Waals surface area contributed by atoms with Gasteiger partial charge in [0, 0.05) is 5.56 Å². The van der Waals surface area contributed by atoms with Crippen LogP contribution in [-0.4, -0.2) is 16.0 Å². The molecule has 2 N–H and O–H groups in total. The van der Waals surface area contributed by atoms with Crippen LogP contribution in [0.1, 0.15) is 27.0 Å². The van der Waals surface area contributed by atoms with E-state index in [2.05, 4.69) is 0 Å². The number of hydrogen-bond acceptors (Lipinski definition) is 3. The number of carbonyl (C=O) groups excluding carboxylic acids is 1. The Morgan fingerprint density at radius 3 is 2.10 bits per heavy atom. The van der Waals surface area contributed by atoms with Crippen molar-refractivity contribution >= 4 is 11.9 Å². The Balaban J connectivity index is 2.21. The van der Waals surface area contributed by atoms with Crippen LogP contribution in [0.2, 0.25) is 0 Å².